The van der Waals surface area contributed by atoms with E-state index in [-0.39, 0.29) is 5.91 Å². The molecule has 0 aliphatic rings. The summed E-state index contributed by atoms with van der Waals surface area (Å²) in [6, 6.07) is 18.7. The van der Waals surface area contributed by atoms with Crippen molar-refractivity contribution in [3.63, 3.8) is 0 Å². The van der Waals surface area contributed by atoms with Gasteiger partial charge in [-0.1, -0.05) is 67.6 Å². The molecule has 0 heterocycles. The van der Waals surface area contributed by atoms with Crippen molar-refractivity contribution in [1.29, 1.82) is 0 Å². The summed E-state index contributed by atoms with van der Waals surface area (Å²) in [5.74, 6) is -0.692. The highest BCUT2D eigenvalue weighted by atomic mass is 16.3. The monoisotopic (exact) mass is 283 g/mol. The van der Waals surface area contributed by atoms with Crippen molar-refractivity contribution >= 4 is 5.91 Å². The van der Waals surface area contributed by atoms with Crippen LogP contribution in [-0.2, 0) is 10.4 Å². The first-order chi connectivity index (χ1) is 9.98. The average molecular weight is 283 g/mol. The van der Waals surface area contributed by atoms with Crippen molar-refractivity contribution in [2.45, 2.75) is 12.5 Å². The SMILES string of the molecule is C[C@H](C(=O)N(C)C)C(O)(c1ccccc1)c1ccccc1. The lowest BCUT2D eigenvalue weighted by Gasteiger charge is -2.35. The van der Waals surface area contributed by atoms with Crippen LogP contribution < -0.4 is 0 Å². The second-order valence-corrected chi connectivity index (χ2v) is 5.45. The van der Waals surface area contributed by atoms with Crippen LogP contribution in [0.25, 0.3) is 0 Å². The van der Waals surface area contributed by atoms with Gasteiger partial charge in [0.2, 0.25) is 5.91 Å². The molecule has 0 bridgehead atoms. The number of hydrogen-bond donors (Lipinski definition) is 1. The Labute approximate surface area is 125 Å². The van der Waals surface area contributed by atoms with Crippen LogP contribution in [0.15, 0.2) is 60.7 Å². The van der Waals surface area contributed by atoms with Crippen LogP contribution in [0.3, 0.4) is 0 Å². The maximum atomic E-state index is 12.4. The number of carbonyl (C=O) groups is 1. The molecular formula is C18H21NO2. The molecule has 2 aromatic carbocycles. The van der Waals surface area contributed by atoms with Crippen molar-refractivity contribution in [3.8, 4) is 0 Å². The third-order valence-corrected chi connectivity index (χ3v) is 3.87. The predicted molar refractivity (Wildman–Crippen MR) is 83.7 cm³/mol. The van der Waals surface area contributed by atoms with Crippen molar-refractivity contribution in [1.82, 2.24) is 4.90 Å². The van der Waals surface area contributed by atoms with Gasteiger partial charge in [0.15, 0.2) is 0 Å². The van der Waals surface area contributed by atoms with Gasteiger partial charge in [0, 0.05) is 14.1 Å². The minimum atomic E-state index is -1.34. The largest absolute Gasteiger partial charge is 0.380 e. The Hall–Kier alpha value is -2.13. The Morgan fingerprint density at radius 3 is 1.67 bits per heavy atom. The molecule has 1 atom stereocenters. The van der Waals surface area contributed by atoms with Crippen molar-refractivity contribution in [2.75, 3.05) is 14.1 Å². The molecule has 0 aliphatic heterocycles. The van der Waals surface area contributed by atoms with E-state index in [0.29, 0.717) is 0 Å². The smallest absolute Gasteiger partial charge is 0.228 e. The summed E-state index contributed by atoms with van der Waals surface area (Å²) in [5, 5.41) is 11.4. The van der Waals surface area contributed by atoms with Gasteiger partial charge in [-0.3, -0.25) is 4.79 Å². The van der Waals surface area contributed by atoms with Crippen LogP contribution in [0.2, 0.25) is 0 Å². The Kier molecular flexibility index (Phi) is 4.43. The number of nitrogens with zero attached hydrogens (tertiary/aromatic N) is 1. The van der Waals surface area contributed by atoms with Crippen molar-refractivity contribution in [3.05, 3.63) is 71.8 Å². The van der Waals surface area contributed by atoms with Gasteiger partial charge in [-0.2, -0.15) is 0 Å². The molecule has 0 aromatic heterocycles. The van der Waals surface area contributed by atoms with Gasteiger partial charge in [-0.05, 0) is 11.1 Å². The summed E-state index contributed by atoms with van der Waals surface area (Å²) in [6.45, 7) is 1.77. The Morgan fingerprint density at radius 1 is 0.952 bits per heavy atom. The highest BCUT2D eigenvalue weighted by molar-refractivity contribution is 5.80. The van der Waals surface area contributed by atoms with Gasteiger partial charge in [-0.15, -0.1) is 0 Å². The van der Waals surface area contributed by atoms with E-state index in [1.165, 1.54) is 4.90 Å². The highest BCUT2D eigenvalue weighted by Crippen LogP contribution is 2.37. The molecule has 110 valence electrons. The van der Waals surface area contributed by atoms with Crippen LogP contribution in [0, 0.1) is 5.92 Å². The molecule has 3 heteroatoms. The quantitative estimate of drug-likeness (QED) is 0.937. The topological polar surface area (TPSA) is 40.5 Å². The van der Waals surface area contributed by atoms with E-state index < -0.39 is 11.5 Å². The number of hydrogen-bond acceptors (Lipinski definition) is 2. The van der Waals surface area contributed by atoms with Gasteiger partial charge >= 0.3 is 0 Å². The summed E-state index contributed by atoms with van der Waals surface area (Å²) in [4.78, 5) is 13.9. The van der Waals surface area contributed by atoms with Crippen LogP contribution in [0.1, 0.15) is 18.1 Å². The molecule has 0 fully saturated rings. The fourth-order valence-corrected chi connectivity index (χ4v) is 2.62. The van der Waals surface area contributed by atoms with Gasteiger partial charge < -0.3 is 10.0 Å². The first-order valence-electron chi connectivity index (χ1n) is 7.02. The molecule has 0 radical (unpaired) electrons. The average Bonchev–Trinajstić information content (AvgIpc) is 2.54. The zero-order chi connectivity index (χ0) is 15.5. The zero-order valence-corrected chi connectivity index (χ0v) is 12.7. The Morgan fingerprint density at radius 2 is 1.33 bits per heavy atom. The summed E-state index contributed by atoms with van der Waals surface area (Å²) < 4.78 is 0. The molecule has 0 aliphatic carbocycles. The maximum absolute atomic E-state index is 12.4. The van der Waals surface area contributed by atoms with E-state index in [4.69, 9.17) is 0 Å². The molecule has 0 saturated carbocycles. The first-order valence-corrected chi connectivity index (χ1v) is 7.02. The minimum Gasteiger partial charge on any atom is -0.380 e. The van der Waals surface area contributed by atoms with Crippen LogP contribution in [-0.4, -0.2) is 30.0 Å². The summed E-state index contributed by atoms with van der Waals surface area (Å²) in [7, 11) is 3.41. The molecule has 3 nitrogen and oxygen atoms in total. The molecular weight excluding hydrogens is 262 g/mol. The molecule has 1 amide bonds. The van der Waals surface area contributed by atoms with Crippen LogP contribution in [0.5, 0.6) is 0 Å². The van der Waals surface area contributed by atoms with Gasteiger partial charge in [-0.25, -0.2) is 0 Å². The minimum absolute atomic E-state index is 0.106. The molecule has 0 saturated heterocycles. The third kappa shape index (κ3) is 2.83. The molecule has 21 heavy (non-hydrogen) atoms. The Bertz CT molecular complexity index is 554. The first kappa shape index (κ1) is 15.3. The number of benzene rings is 2. The van der Waals surface area contributed by atoms with E-state index in [1.54, 1.807) is 21.0 Å². The highest BCUT2D eigenvalue weighted by Gasteiger charge is 2.41. The lowest BCUT2D eigenvalue weighted by Crippen LogP contribution is -2.43. The standard InChI is InChI=1S/C18H21NO2/c1-14(17(20)19(2)3)18(21,15-10-6-4-7-11-15)16-12-8-5-9-13-16/h4-14,21H,1-3H3/t14-/m1/s1. The van der Waals surface area contributed by atoms with Crippen LogP contribution >= 0.6 is 0 Å². The summed E-state index contributed by atoms with van der Waals surface area (Å²) in [6.07, 6.45) is 0. The summed E-state index contributed by atoms with van der Waals surface area (Å²) >= 11 is 0. The number of amides is 1. The second kappa shape index (κ2) is 6.10. The van der Waals surface area contributed by atoms with Crippen LogP contribution in [0.4, 0.5) is 0 Å². The maximum Gasteiger partial charge on any atom is 0.228 e. The molecule has 0 unspecified atom stereocenters. The van der Waals surface area contributed by atoms with Gasteiger partial charge in [0.1, 0.15) is 5.60 Å². The van der Waals surface area contributed by atoms with E-state index >= 15 is 0 Å². The fourth-order valence-electron chi connectivity index (χ4n) is 2.62. The fraction of sp³-hybridized carbons (Fsp3) is 0.278. The van der Waals surface area contributed by atoms with E-state index in [0.717, 1.165) is 11.1 Å². The van der Waals surface area contributed by atoms with Crippen molar-refractivity contribution < 1.29 is 9.90 Å². The zero-order valence-electron chi connectivity index (χ0n) is 12.7. The van der Waals surface area contributed by atoms with E-state index in [2.05, 4.69) is 0 Å². The number of carbonyl (C=O) groups excluding carboxylic acids is 1. The lowest BCUT2D eigenvalue weighted by atomic mass is 9.76. The van der Waals surface area contributed by atoms with Gasteiger partial charge in [0.05, 0.1) is 5.92 Å². The molecule has 2 rings (SSSR count). The summed E-state index contributed by atoms with van der Waals surface area (Å²) in [5.41, 5.74) is 0.0990. The van der Waals surface area contributed by atoms with E-state index in [9.17, 15) is 9.90 Å². The van der Waals surface area contributed by atoms with Crippen molar-refractivity contribution in [2.24, 2.45) is 5.92 Å². The lowest BCUT2D eigenvalue weighted by molar-refractivity contribution is -0.139. The second-order valence-electron chi connectivity index (χ2n) is 5.45. The molecule has 1 N–H and O–H groups in total. The normalized spacial score (nSPS) is 12.8. The predicted octanol–water partition coefficient (Wildman–Crippen LogP) is 2.65. The van der Waals surface area contributed by atoms with Gasteiger partial charge in [0.25, 0.3) is 0 Å². The number of aliphatic hydroxyl groups is 1. The molecule has 0 spiro atoms. The molecule has 2 aromatic rings. The van der Waals surface area contributed by atoms with E-state index in [1.807, 2.05) is 60.7 Å². The number of rotatable bonds is 4. The Balaban J connectivity index is 2.58. The third-order valence-electron chi connectivity index (χ3n) is 3.87.